The molecule has 0 aliphatic heterocycles. The number of benzene rings is 5. The lowest BCUT2D eigenvalue weighted by Gasteiger charge is -2.22. The summed E-state index contributed by atoms with van der Waals surface area (Å²) in [5, 5.41) is -9.73. The summed E-state index contributed by atoms with van der Waals surface area (Å²) in [7, 11) is -4.10. The highest BCUT2D eigenvalue weighted by atomic mass is 19.2. The van der Waals surface area contributed by atoms with Gasteiger partial charge in [0.15, 0.2) is 52.2 Å². The van der Waals surface area contributed by atoms with Gasteiger partial charge in [-0.3, -0.25) is 0 Å². The second-order valence-electron chi connectivity index (χ2n) is 9.11. The highest BCUT2D eigenvalue weighted by molar-refractivity contribution is 6.66. The number of hydrogen-bond donors (Lipinski definition) is 0. The molecule has 0 amide bonds. The maximum atomic E-state index is 15.8. The molecule has 252 valence electrons. The Kier molecular flexibility index (Phi) is 8.27. The third-order valence-corrected chi connectivity index (χ3v) is 6.53. The molecule has 5 aromatic rings. The van der Waals surface area contributed by atoms with Crippen LogP contribution in [0.25, 0.3) is 21.5 Å². The van der Waals surface area contributed by atoms with E-state index in [0.29, 0.717) is 0 Å². The van der Waals surface area contributed by atoms with Crippen molar-refractivity contribution in [3.05, 3.63) is 111 Å². The van der Waals surface area contributed by atoms with Crippen molar-refractivity contribution in [3.63, 3.8) is 0 Å². The van der Waals surface area contributed by atoms with Gasteiger partial charge >= 0.3 is 7.12 Å². The Morgan fingerprint density at radius 2 is 0.458 bits per heavy atom. The third-order valence-electron chi connectivity index (χ3n) is 6.53. The molecule has 0 N–H and O–H groups in total. The van der Waals surface area contributed by atoms with Crippen molar-refractivity contribution in [3.8, 4) is 11.5 Å². The molecule has 5 aromatic carbocycles. The van der Waals surface area contributed by atoms with Crippen LogP contribution in [0.15, 0.2) is 0 Å². The molecule has 0 aromatic heterocycles. The van der Waals surface area contributed by atoms with Gasteiger partial charge in [0, 0.05) is 5.39 Å². The summed E-state index contributed by atoms with van der Waals surface area (Å²) >= 11 is 0. The van der Waals surface area contributed by atoms with Gasteiger partial charge < -0.3 is 9.31 Å². The average Bonchev–Trinajstić information content (AvgIpc) is 3.06. The van der Waals surface area contributed by atoms with E-state index in [1.165, 1.54) is 0 Å². The molecule has 22 heteroatoms. The fourth-order valence-electron chi connectivity index (χ4n) is 4.36. The van der Waals surface area contributed by atoms with E-state index in [-0.39, 0.29) is 0 Å². The Labute approximate surface area is 249 Å². The maximum Gasteiger partial charge on any atom is 0.636 e. The molecule has 0 fully saturated rings. The highest BCUT2D eigenvalue weighted by Crippen LogP contribution is 2.39. The second-order valence-corrected chi connectivity index (χ2v) is 9.11. The SMILES string of the molecule is Fc1c(F)c(F)c(OB(Oc2c(F)c(F)c(F)c(F)c2F)c2c(F)c(F)c(F)c3c(F)c4c(F)c(F)c(F)c(F)c4c(F)c23)c(F)c1F. The van der Waals surface area contributed by atoms with E-state index >= 15 is 13.2 Å². The van der Waals surface area contributed by atoms with Crippen LogP contribution in [0.3, 0.4) is 0 Å². The van der Waals surface area contributed by atoms with Gasteiger partial charge in [-0.15, -0.1) is 0 Å². The lowest BCUT2D eigenvalue weighted by atomic mass is 9.74. The Morgan fingerprint density at radius 1 is 0.229 bits per heavy atom. The summed E-state index contributed by atoms with van der Waals surface area (Å²) < 4.78 is 282. The predicted molar refractivity (Wildman–Crippen MR) is 120 cm³/mol. The summed E-state index contributed by atoms with van der Waals surface area (Å²) in [6, 6.07) is 0. The Hall–Kier alpha value is -5.05. The molecule has 0 radical (unpaired) electrons. The zero-order valence-electron chi connectivity index (χ0n) is 21.6. The van der Waals surface area contributed by atoms with E-state index in [4.69, 9.17) is 0 Å². The topological polar surface area (TPSA) is 18.5 Å². The van der Waals surface area contributed by atoms with Crippen molar-refractivity contribution >= 4 is 34.1 Å². The van der Waals surface area contributed by atoms with Crippen LogP contribution in [0, 0.1) is 111 Å². The van der Waals surface area contributed by atoms with Crippen LogP contribution in [0.1, 0.15) is 0 Å². The molecule has 0 bridgehead atoms. The first kappa shape index (κ1) is 34.3. The van der Waals surface area contributed by atoms with Crippen LogP contribution in [0.4, 0.5) is 83.4 Å². The molecule has 48 heavy (non-hydrogen) atoms. The monoisotopic (exact) mass is 716 g/mol. The molecule has 0 aliphatic rings. The minimum Gasteiger partial charge on any atom is -0.517 e. The Bertz CT molecular complexity index is 2130. The zero-order valence-corrected chi connectivity index (χ0v) is 21.6. The first-order valence-corrected chi connectivity index (χ1v) is 11.8. The van der Waals surface area contributed by atoms with Crippen LogP contribution >= 0.6 is 0 Å². The molecule has 2 nitrogen and oxygen atoms in total. The average molecular weight is 716 g/mol. The van der Waals surface area contributed by atoms with Gasteiger partial charge in [-0.2, -0.15) is 17.6 Å². The minimum atomic E-state index is -4.10. The van der Waals surface area contributed by atoms with Gasteiger partial charge in [-0.05, 0) is 0 Å². The van der Waals surface area contributed by atoms with Crippen molar-refractivity contribution in [1.29, 1.82) is 0 Å². The van der Waals surface area contributed by atoms with E-state index < -0.39 is 156 Å². The molecular weight excluding hydrogens is 716 g/mol. The quantitative estimate of drug-likeness (QED) is 0.0598. The Morgan fingerprint density at radius 3 is 0.792 bits per heavy atom. The number of hydrogen-bond acceptors (Lipinski definition) is 2. The standard InChI is InChI=1S/C26BF19O2/c28-6-1-2(7(29)4-3(6)9(31)13(35)14(36)10(4)32)8(30)12(34)11(33)5(1)27(47-25-21(43)17(39)15(37)18(40)22(25)44)48-26-23(45)19(41)16(38)20(42)24(26)46. The van der Waals surface area contributed by atoms with Crippen molar-refractivity contribution in [2.75, 3.05) is 0 Å². The highest BCUT2D eigenvalue weighted by Gasteiger charge is 2.44. The van der Waals surface area contributed by atoms with Crippen LogP contribution in [0.5, 0.6) is 11.5 Å². The number of halogens is 19. The summed E-state index contributed by atoms with van der Waals surface area (Å²) in [4.78, 5) is 0. The first-order valence-electron chi connectivity index (χ1n) is 11.8. The fourth-order valence-corrected chi connectivity index (χ4v) is 4.36. The first-order chi connectivity index (χ1) is 22.3. The smallest absolute Gasteiger partial charge is 0.517 e. The van der Waals surface area contributed by atoms with E-state index in [1.807, 2.05) is 0 Å². The second kappa shape index (κ2) is 11.6. The molecule has 0 aliphatic carbocycles. The minimum absolute atomic E-state index is 2.36. The van der Waals surface area contributed by atoms with E-state index in [0.717, 1.165) is 0 Å². The van der Waals surface area contributed by atoms with Gasteiger partial charge in [-0.1, -0.05) is 0 Å². The van der Waals surface area contributed by atoms with Crippen LogP contribution in [-0.4, -0.2) is 7.12 Å². The fraction of sp³-hybridized carbons (Fsp3) is 0. The summed E-state index contributed by atoms with van der Waals surface area (Å²) in [6.07, 6.45) is 0. The summed E-state index contributed by atoms with van der Waals surface area (Å²) in [5.41, 5.74) is -2.61. The van der Waals surface area contributed by atoms with E-state index in [2.05, 4.69) is 9.31 Å². The van der Waals surface area contributed by atoms with Gasteiger partial charge in [0.2, 0.25) is 58.2 Å². The lowest BCUT2D eigenvalue weighted by Crippen LogP contribution is -2.47. The van der Waals surface area contributed by atoms with Crippen molar-refractivity contribution < 1.29 is 92.7 Å². The molecule has 0 atom stereocenters. The predicted octanol–water partition coefficient (Wildman–Crippen LogP) is 8.49. The van der Waals surface area contributed by atoms with Crippen LogP contribution < -0.4 is 14.8 Å². The van der Waals surface area contributed by atoms with Gasteiger partial charge in [0.1, 0.15) is 11.6 Å². The van der Waals surface area contributed by atoms with Crippen LogP contribution in [-0.2, 0) is 0 Å². The van der Waals surface area contributed by atoms with Gasteiger partial charge in [0.25, 0.3) is 0 Å². The van der Waals surface area contributed by atoms with Crippen molar-refractivity contribution in [1.82, 2.24) is 0 Å². The molecule has 0 spiro atoms. The van der Waals surface area contributed by atoms with Crippen molar-refractivity contribution in [2.24, 2.45) is 0 Å². The molecule has 0 saturated carbocycles. The molecule has 0 heterocycles. The van der Waals surface area contributed by atoms with E-state index in [1.54, 1.807) is 0 Å². The normalized spacial score (nSPS) is 11.6. The molecule has 0 unspecified atom stereocenters. The van der Waals surface area contributed by atoms with Crippen LogP contribution in [0.2, 0.25) is 0 Å². The summed E-state index contributed by atoms with van der Waals surface area (Å²) in [5.74, 6) is -62.1. The maximum absolute atomic E-state index is 15.8. The van der Waals surface area contributed by atoms with Gasteiger partial charge in [-0.25, -0.2) is 65.9 Å². The number of fused-ring (bicyclic) bond motifs is 2. The zero-order chi connectivity index (χ0) is 36.0. The Balaban J connectivity index is 2.00. The van der Waals surface area contributed by atoms with Crippen molar-refractivity contribution in [2.45, 2.75) is 0 Å². The molecule has 0 saturated heterocycles. The third kappa shape index (κ3) is 4.62. The largest absolute Gasteiger partial charge is 0.636 e. The molecule has 5 rings (SSSR count). The lowest BCUT2D eigenvalue weighted by molar-refractivity contribution is 0.316. The number of rotatable bonds is 5. The molecular formula is C26BF19O2. The summed E-state index contributed by atoms with van der Waals surface area (Å²) in [6.45, 7) is 0. The van der Waals surface area contributed by atoms with E-state index in [9.17, 15) is 70.2 Å². The van der Waals surface area contributed by atoms with Gasteiger partial charge in [0.05, 0.1) is 21.6 Å².